The van der Waals surface area contributed by atoms with Crippen molar-refractivity contribution < 1.29 is 9.47 Å². The van der Waals surface area contributed by atoms with Gasteiger partial charge < -0.3 is 14.5 Å². The predicted octanol–water partition coefficient (Wildman–Crippen LogP) is 4.07. The van der Waals surface area contributed by atoms with Gasteiger partial charge >= 0.3 is 0 Å². The Hall–Kier alpha value is -3.30. The molecule has 2 aromatic heterocycles. The lowest BCUT2D eigenvalue weighted by atomic mass is 9.96. The fourth-order valence-corrected chi connectivity index (χ4v) is 3.76. The number of hydrogen-bond donors (Lipinski definition) is 1. The molecule has 1 unspecified atom stereocenters. The Balaban J connectivity index is 2.05. The van der Waals surface area contributed by atoms with Gasteiger partial charge in [0.05, 0.1) is 41.7 Å². The largest absolute Gasteiger partial charge is 0.496 e. The minimum Gasteiger partial charge on any atom is -0.496 e. The smallest absolute Gasteiger partial charge is 0.173 e. The van der Waals surface area contributed by atoms with Gasteiger partial charge in [0.15, 0.2) is 5.72 Å². The topological polar surface area (TPSA) is 75.9 Å². The van der Waals surface area contributed by atoms with Crippen molar-refractivity contribution in [3.8, 4) is 11.8 Å². The molecule has 0 saturated carbocycles. The van der Waals surface area contributed by atoms with Gasteiger partial charge in [0.25, 0.3) is 0 Å². The molecule has 4 aromatic rings. The summed E-state index contributed by atoms with van der Waals surface area (Å²) in [5, 5.41) is 10.2. The van der Waals surface area contributed by atoms with Gasteiger partial charge in [-0.15, -0.1) is 0 Å². The summed E-state index contributed by atoms with van der Waals surface area (Å²) in [4.78, 5) is 7.79. The number of aromatic amines is 1. The number of nitriles is 1. The SMILES string of the molecule is COc1cc(C)c2[nH]ccc2c1C(C)(OC)n1cnc2cc(C#N)ccc21. The van der Waals surface area contributed by atoms with Gasteiger partial charge in [-0.25, -0.2) is 4.98 Å². The number of fused-ring (bicyclic) bond motifs is 2. The number of imidazole rings is 1. The first-order valence-corrected chi connectivity index (χ1v) is 8.61. The molecular weight excluding hydrogens is 340 g/mol. The second-order valence-corrected chi connectivity index (χ2v) is 6.65. The van der Waals surface area contributed by atoms with Gasteiger partial charge in [0.1, 0.15) is 5.75 Å². The maximum atomic E-state index is 9.15. The van der Waals surface area contributed by atoms with Crippen LogP contribution in [-0.2, 0) is 10.5 Å². The molecule has 0 bridgehead atoms. The van der Waals surface area contributed by atoms with Crippen molar-refractivity contribution in [3.05, 3.63) is 59.5 Å². The number of benzene rings is 2. The summed E-state index contributed by atoms with van der Waals surface area (Å²) in [7, 11) is 3.34. The molecule has 0 spiro atoms. The first-order chi connectivity index (χ1) is 13.0. The molecule has 6 nitrogen and oxygen atoms in total. The van der Waals surface area contributed by atoms with E-state index in [4.69, 9.17) is 14.7 Å². The molecule has 0 amide bonds. The highest BCUT2D eigenvalue weighted by Gasteiger charge is 2.35. The van der Waals surface area contributed by atoms with E-state index < -0.39 is 5.72 Å². The molecule has 136 valence electrons. The zero-order valence-electron chi connectivity index (χ0n) is 15.7. The average Bonchev–Trinajstić information content (AvgIpc) is 3.34. The van der Waals surface area contributed by atoms with Crippen LogP contribution < -0.4 is 4.74 Å². The van der Waals surface area contributed by atoms with Crippen LogP contribution in [0.1, 0.15) is 23.6 Å². The summed E-state index contributed by atoms with van der Waals surface area (Å²) in [5.74, 6) is 0.749. The Labute approximate surface area is 157 Å². The third-order valence-electron chi connectivity index (χ3n) is 5.22. The minimum absolute atomic E-state index is 0.577. The van der Waals surface area contributed by atoms with Crippen molar-refractivity contribution in [1.82, 2.24) is 14.5 Å². The van der Waals surface area contributed by atoms with E-state index in [9.17, 15) is 0 Å². The van der Waals surface area contributed by atoms with Crippen LogP contribution in [0, 0.1) is 18.3 Å². The highest BCUT2D eigenvalue weighted by molar-refractivity contribution is 5.89. The number of nitrogens with zero attached hydrogens (tertiary/aromatic N) is 3. The van der Waals surface area contributed by atoms with E-state index in [2.05, 4.69) is 16.0 Å². The first kappa shape index (κ1) is 17.1. The standard InChI is InChI=1S/C21H20N4O2/c1-13-9-18(26-3)19(15-7-8-23-20(13)15)21(2,27-4)25-12-24-16-10-14(11-22)5-6-17(16)25/h5-10,12,23H,1-4H3. The van der Waals surface area contributed by atoms with Crippen molar-refractivity contribution >= 4 is 21.9 Å². The molecule has 0 aliphatic heterocycles. The number of rotatable bonds is 4. The van der Waals surface area contributed by atoms with Gasteiger partial charge in [-0.2, -0.15) is 5.26 Å². The third kappa shape index (κ3) is 2.40. The number of methoxy groups -OCH3 is 2. The molecule has 27 heavy (non-hydrogen) atoms. The van der Waals surface area contributed by atoms with Crippen molar-refractivity contribution in [2.45, 2.75) is 19.6 Å². The number of aromatic nitrogens is 3. The fourth-order valence-electron chi connectivity index (χ4n) is 3.76. The van der Waals surface area contributed by atoms with Crippen LogP contribution in [0.4, 0.5) is 0 Å². The molecule has 2 heterocycles. The van der Waals surface area contributed by atoms with E-state index in [1.54, 1.807) is 32.7 Å². The number of aryl methyl sites for hydroxylation is 1. The van der Waals surface area contributed by atoms with Crippen LogP contribution in [-0.4, -0.2) is 28.8 Å². The van der Waals surface area contributed by atoms with Crippen LogP contribution in [0.5, 0.6) is 5.75 Å². The quantitative estimate of drug-likeness (QED) is 0.595. The van der Waals surface area contributed by atoms with Crippen LogP contribution in [0.15, 0.2) is 42.9 Å². The Bertz CT molecular complexity index is 1200. The molecule has 0 fully saturated rings. The normalized spacial score (nSPS) is 13.6. The Morgan fingerprint density at radius 2 is 2.04 bits per heavy atom. The van der Waals surface area contributed by atoms with Crippen LogP contribution in [0.2, 0.25) is 0 Å². The number of H-pyrrole nitrogens is 1. The van der Waals surface area contributed by atoms with Gasteiger partial charge in [-0.3, -0.25) is 4.57 Å². The van der Waals surface area contributed by atoms with Crippen LogP contribution in [0.25, 0.3) is 21.9 Å². The molecule has 1 N–H and O–H groups in total. The molecule has 4 rings (SSSR count). The maximum absolute atomic E-state index is 9.15. The Morgan fingerprint density at radius 1 is 1.22 bits per heavy atom. The van der Waals surface area contributed by atoms with Crippen molar-refractivity contribution in [3.63, 3.8) is 0 Å². The van der Waals surface area contributed by atoms with Crippen LogP contribution in [0.3, 0.4) is 0 Å². The van der Waals surface area contributed by atoms with Crippen molar-refractivity contribution in [2.75, 3.05) is 14.2 Å². The molecule has 0 aliphatic rings. The summed E-state index contributed by atoms with van der Waals surface area (Å²) >= 11 is 0. The summed E-state index contributed by atoms with van der Waals surface area (Å²) in [6.45, 7) is 4.04. The van der Waals surface area contributed by atoms with Crippen molar-refractivity contribution in [2.24, 2.45) is 0 Å². The molecule has 0 aliphatic carbocycles. The highest BCUT2D eigenvalue weighted by atomic mass is 16.5. The van der Waals surface area contributed by atoms with Gasteiger partial charge in [0, 0.05) is 24.2 Å². The van der Waals surface area contributed by atoms with Crippen molar-refractivity contribution in [1.29, 1.82) is 5.26 Å². The lowest BCUT2D eigenvalue weighted by Gasteiger charge is -2.33. The fraction of sp³-hybridized carbons (Fsp3) is 0.238. The predicted molar refractivity (Wildman–Crippen MR) is 104 cm³/mol. The molecule has 0 radical (unpaired) electrons. The molecule has 0 saturated heterocycles. The van der Waals surface area contributed by atoms with E-state index in [1.165, 1.54) is 0 Å². The number of hydrogen-bond acceptors (Lipinski definition) is 4. The summed E-state index contributed by atoms with van der Waals surface area (Å²) in [5.41, 5.74) is 4.40. The minimum atomic E-state index is -0.859. The zero-order valence-corrected chi connectivity index (χ0v) is 15.7. The lowest BCUT2D eigenvalue weighted by molar-refractivity contribution is -0.0216. The van der Waals surface area contributed by atoms with Gasteiger partial charge in [-0.1, -0.05) is 0 Å². The number of nitrogens with one attached hydrogen (secondary N) is 1. The average molecular weight is 360 g/mol. The van der Waals surface area contributed by atoms with Gasteiger partial charge in [-0.05, 0) is 49.7 Å². The molecular formula is C21H20N4O2. The molecule has 1 atom stereocenters. The van der Waals surface area contributed by atoms with E-state index in [-0.39, 0.29) is 0 Å². The van der Waals surface area contributed by atoms with E-state index in [1.807, 2.05) is 42.8 Å². The molecule has 6 heteroatoms. The maximum Gasteiger partial charge on any atom is 0.173 e. The Morgan fingerprint density at radius 3 is 2.74 bits per heavy atom. The van der Waals surface area contributed by atoms with Gasteiger partial charge in [0.2, 0.25) is 0 Å². The lowest BCUT2D eigenvalue weighted by Crippen LogP contribution is -2.33. The number of ether oxygens (including phenoxy) is 2. The second-order valence-electron chi connectivity index (χ2n) is 6.65. The van der Waals surface area contributed by atoms with E-state index >= 15 is 0 Å². The molecule has 2 aromatic carbocycles. The van der Waals surface area contributed by atoms with E-state index in [0.717, 1.165) is 38.8 Å². The summed E-state index contributed by atoms with van der Waals surface area (Å²) < 4.78 is 13.8. The summed E-state index contributed by atoms with van der Waals surface area (Å²) in [6, 6.07) is 11.7. The monoisotopic (exact) mass is 360 g/mol. The first-order valence-electron chi connectivity index (χ1n) is 8.61. The third-order valence-corrected chi connectivity index (χ3v) is 5.22. The summed E-state index contributed by atoms with van der Waals surface area (Å²) in [6.07, 6.45) is 3.66. The van der Waals surface area contributed by atoms with E-state index in [0.29, 0.717) is 5.56 Å². The van der Waals surface area contributed by atoms with Crippen LogP contribution >= 0.6 is 0 Å². The zero-order chi connectivity index (χ0) is 19.2. The second kappa shape index (κ2) is 6.15. The Kier molecular flexibility index (Phi) is 3.90. The highest BCUT2D eigenvalue weighted by Crippen LogP contribution is 2.41.